The molecule has 0 saturated carbocycles. The second kappa shape index (κ2) is 6.04. The van der Waals surface area contributed by atoms with Gasteiger partial charge >= 0.3 is 7.60 Å². The van der Waals surface area contributed by atoms with Gasteiger partial charge in [0.15, 0.2) is 0 Å². The number of rotatable bonds is 6. The molecule has 0 aliphatic heterocycles. The first-order valence-electron chi connectivity index (χ1n) is 4.45. The highest BCUT2D eigenvalue weighted by atomic mass is 31.2. The molecule has 0 amide bonds. The third-order valence-corrected chi connectivity index (χ3v) is 3.25. The molecule has 0 aromatic carbocycles. The molecule has 2 atom stereocenters. The first-order chi connectivity index (χ1) is 6.44. The van der Waals surface area contributed by atoms with Crippen LogP contribution < -0.4 is 0 Å². The van der Waals surface area contributed by atoms with Crippen LogP contribution in [0, 0.1) is 5.92 Å². The van der Waals surface area contributed by atoms with Crippen molar-refractivity contribution in [3.8, 4) is 0 Å². The number of azide groups is 1. The van der Waals surface area contributed by atoms with Crippen molar-refractivity contribution in [2.45, 2.75) is 33.0 Å². The summed E-state index contributed by atoms with van der Waals surface area (Å²) in [5, 5.41) is 3.30. The zero-order chi connectivity index (χ0) is 11.2. The van der Waals surface area contributed by atoms with Gasteiger partial charge in [-0.25, -0.2) is 0 Å². The summed E-state index contributed by atoms with van der Waals surface area (Å²) in [6.07, 6.45) is 0.345. The molecule has 0 aromatic heterocycles. The van der Waals surface area contributed by atoms with Crippen molar-refractivity contribution in [3.63, 3.8) is 0 Å². The summed E-state index contributed by atoms with van der Waals surface area (Å²) in [5.41, 5.74) is 8.25. The largest absolute Gasteiger partial charge is 0.337 e. The first kappa shape index (κ1) is 13.5. The minimum absolute atomic E-state index is 0.128. The average Bonchev–Trinajstić information content (AvgIpc) is 2.02. The van der Waals surface area contributed by atoms with Crippen LogP contribution in [0.2, 0.25) is 0 Å². The van der Waals surface area contributed by atoms with Crippen molar-refractivity contribution < 1.29 is 14.0 Å². The summed E-state index contributed by atoms with van der Waals surface area (Å²) < 4.78 is 16.2. The minimum Gasteiger partial charge on any atom is -0.324 e. The van der Waals surface area contributed by atoms with Gasteiger partial charge in [0.1, 0.15) is 5.78 Å². The fourth-order valence-electron chi connectivity index (χ4n) is 0.998. The molecule has 0 rings (SSSR count). The van der Waals surface area contributed by atoms with Gasteiger partial charge in [-0.3, -0.25) is 4.57 Å². The Morgan fingerprint density at radius 1 is 1.64 bits per heavy atom. The highest BCUT2D eigenvalue weighted by molar-refractivity contribution is 7.53. The Balaban J connectivity index is 4.63. The van der Waals surface area contributed by atoms with Crippen LogP contribution in [0.4, 0.5) is 0 Å². The summed E-state index contributed by atoms with van der Waals surface area (Å²) >= 11 is 0. The van der Waals surface area contributed by atoms with Crippen LogP contribution in [0.3, 0.4) is 0 Å². The molecule has 0 aliphatic rings. The van der Waals surface area contributed by atoms with Crippen LogP contribution in [0.1, 0.15) is 27.2 Å². The summed E-state index contributed by atoms with van der Waals surface area (Å²) in [4.78, 5) is 12.0. The van der Waals surface area contributed by atoms with E-state index in [0.717, 1.165) is 0 Å². The lowest BCUT2D eigenvalue weighted by Gasteiger charge is -2.19. The number of hydrogen-bond donors (Lipinski definition) is 1. The molecule has 0 fully saturated rings. The van der Waals surface area contributed by atoms with E-state index in [-0.39, 0.29) is 12.5 Å². The molecule has 7 heteroatoms. The average molecular weight is 221 g/mol. The van der Waals surface area contributed by atoms with Crippen molar-refractivity contribution in [2.24, 2.45) is 11.0 Å². The van der Waals surface area contributed by atoms with Gasteiger partial charge in [0, 0.05) is 4.91 Å². The fraction of sp³-hybridized carbons (Fsp3) is 1.00. The van der Waals surface area contributed by atoms with E-state index in [1.54, 1.807) is 6.92 Å². The van der Waals surface area contributed by atoms with Crippen molar-refractivity contribution in [1.29, 1.82) is 0 Å². The lowest BCUT2D eigenvalue weighted by molar-refractivity contribution is 0.260. The summed E-state index contributed by atoms with van der Waals surface area (Å²) in [7, 11) is -3.79. The second-order valence-corrected chi connectivity index (χ2v) is 5.28. The van der Waals surface area contributed by atoms with Crippen molar-refractivity contribution in [2.75, 3.05) is 6.61 Å². The maximum Gasteiger partial charge on any atom is 0.337 e. The van der Waals surface area contributed by atoms with Gasteiger partial charge in [-0.1, -0.05) is 19.0 Å². The third-order valence-electron chi connectivity index (χ3n) is 1.56. The molecule has 0 spiro atoms. The van der Waals surface area contributed by atoms with Gasteiger partial charge in [0.2, 0.25) is 0 Å². The predicted molar refractivity (Wildman–Crippen MR) is 53.8 cm³/mol. The summed E-state index contributed by atoms with van der Waals surface area (Å²) in [6, 6.07) is 0. The van der Waals surface area contributed by atoms with E-state index in [1.165, 1.54) is 0 Å². The van der Waals surface area contributed by atoms with Crippen molar-refractivity contribution in [3.05, 3.63) is 10.4 Å². The molecule has 1 N–H and O–H groups in total. The fourth-order valence-corrected chi connectivity index (χ4v) is 2.40. The van der Waals surface area contributed by atoms with Crippen molar-refractivity contribution >= 4 is 7.60 Å². The van der Waals surface area contributed by atoms with Crippen LogP contribution in [-0.2, 0) is 9.09 Å². The van der Waals surface area contributed by atoms with Crippen LogP contribution >= 0.6 is 7.60 Å². The third kappa shape index (κ3) is 4.63. The maximum absolute atomic E-state index is 11.5. The molecular formula is C7H16N3O3P. The molecule has 0 aliphatic carbocycles. The second-order valence-electron chi connectivity index (χ2n) is 3.30. The molecule has 6 nitrogen and oxygen atoms in total. The Morgan fingerprint density at radius 3 is 2.57 bits per heavy atom. The van der Waals surface area contributed by atoms with E-state index in [1.807, 2.05) is 13.8 Å². The zero-order valence-corrected chi connectivity index (χ0v) is 9.52. The molecule has 0 aromatic rings. The smallest absolute Gasteiger partial charge is 0.324 e. The normalized spacial score (nSPS) is 17.2. The SMILES string of the molecule is CCOP(=O)(O)C(CC(C)C)N=[N+]=[N-]. The molecule has 82 valence electrons. The molecule has 0 saturated heterocycles. The molecular weight excluding hydrogens is 205 g/mol. The van der Waals surface area contributed by atoms with E-state index < -0.39 is 13.4 Å². The standard InChI is InChI=1S/C7H16N3O3P/c1-4-13-14(11,12)7(9-10-8)5-6(2)3/h6-7H,4-5H2,1-3H3,(H,11,12). The van der Waals surface area contributed by atoms with Gasteiger partial charge in [0.25, 0.3) is 0 Å². The van der Waals surface area contributed by atoms with Crippen LogP contribution in [0.15, 0.2) is 5.11 Å². The van der Waals surface area contributed by atoms with Gasteiger partial charge in [-0.2, -0.15) is 0 Å². The Kier molecular flexibility index (Phi) is 5.81. The number of hydrogen-bond acceptors (Lipinski definition) is 3. The first-order valence-corrected chi connectivity index (χ1v) is 6.10. The lowest BCUT2D eigenvalue weighted by Crippen LogP contribution is -2.10. The Morgan fingerprint density at radius 2 is 2.21 bits per heavy atom. The highest BCUT2D eigenvalue weighted by Gasteiger charge is 2.31. The minimum atomic E-state index is -3.79. The Hall–Kier alpha value is -0.540. The highest BCUT2D eigenvalue weighted by Crippen LogP contribution is 2.50. The predicted octanol–water partition coefficient (Wildman–Crippen LogP) is 2.89. The molecule has 14 heavy (non-hydrogen) atoms. The van der Waals surface area contributed by atoms with Crippen LogP contribution in [-0.4, -0.2) is 17.3 Å². The van der Waals surface area contributed by atoms with Gasteiger partial charge in [0.05, 0.1) is 6.61 Å². The van der Waals surface area contributed by atoms with E-state index in [4.69, 9.17) is 10.1 Å². The maximum atomic E-state index is 11.5. The van der Waals surface area contributed by atoms with Crippen LogP contribution in [0.5, 0.6) is 0 Å². The zero-order valence-electron chi connectivity index (χ0n) is 8.62. The van der Waals surface area contributed by atoms with Gasteiger partial charge in [-0.05, 0) is 24.8 Å². The summed E-state index contributed by atoms with van der Waals surface area (Å²) in [5.74, 6) is -0.807. The molecule has 0 bridgehead atoms. The summed E-state index contributed by atoms with van der Waals surface area (Å²) in [6.45, 7) is 5.51. The lowest BCUT2D eigenvalue weighted by atomic mass is 10.1. The Bertz CT molecular complexity index is 263. The van der Waals surface area contributed by atoms with Crippen molar-refractivity contribution in [1.82, 2.24) is 0 Å². The molecule has 2 unspecified atom stereocenters. The Labute approximate surface area is 83.4 Å². The quantitative estimate of drug-likeness (QED) is 0.323. The van der Waals surface area contributed by atoms with Gasteiger partial charge in [-0.15, -0.1) is 0 Å². The van der Waals surface area contributed by atoms with Crippen LogP contribution in [0.25, 0.3) is 10.4 Å². The molecule has 0 heterocycles. The van der Waals surface area contributed by atoms with Gasteiger partial charge < -0.3 is 9.42 Å². The van der Waals surface area contributed by atoms with E-state index in [2.05, 4.69) is 10.0 Å². The topological polar surface area (TPSA) is 95.3 Å². The van der Waals surface area contributed by atoms with E-state index in [9.17, 15) is 9.46 Å². The monoisotopic (exact) mass is 221 g/mol. The van der Waals surface area contributed by atoms with E-state index >= 15 is 0 Å². The number of nitrogens with zero attached hydrogens (tertiary/aromatic N) is 3. The van der Waals surface area contributed by atoms with E-state index in [0.29, 0.717) is 6.42 Å². The molecule has 0 radical (unpaired) electrons.